The lowest BCUT2D eigenvalue weighted by Crippen LogP contribution is -2.49. The lowest BCUT2D eigenvalue weighted by Gasteiger charge is -2.23. The van der Waals surface area contributed by atoms with Crippen molar-refractivity contribution in [2.24, 2.45) is 0 Å². The van der Waals surface area contributed by atoms with Gasteiger partial charge in [-0.2, -0.15) is 0 Å². The van der Waals surface area contributed by atoms with Crippen molar-refractivity contribution in [2.75, 3.05) is 0 Å². The molecule has 11 rings (SSSR count). The van der Waals surface area contributed by atoms with Crippen molar-refractivity contribution < 1.29 is 0 Å². The number of rotatable bonds is 3. The van der Waals surface area contributed by atoms with E-state index >= 15 is 0 Å². The average Bonchev–Trinajstić information content (AvgIpc) is 3.59. The van der Waals surface area contributed by atoms with Gasteiger partial charge in [-0.3, -0.25) is 0 Å². The van der Waals surface area contributed by atoms with Gasteiger partial charge in [0.1, 0.15) is 8.07 Å². The van der Waals surface area contributed by atoms with Crippen LogP contribution in [0, 0.1) is 0 Å². The van der Waals surface area contributed by atoms with Crippen LogP contribution >= 0.6 is 0 Å². The van der Waals surface area contributed by atoms with Crippen molar-refractivity contribution in [3.05, 3.63) is 181 Å². The van der Waals surface area contributed by atoms with Crippen LogP contribution in [-0.4, -0.2) is 8.07 Å². The van der Waals surface area contributed by atoms with Crippen LogP contribution in [0.4, 0.5) is 0 Å². The number of hydrogen-bond donors (Lipinski definition) is 0. The van der Waals surface area contributed by atoms with E-state index in [1.165, 1.54) is 104 Å². The molecule has 0 fully saturated rings. The van der Waals surface area contributed by atoms with Crippen molar-refractivity contribution in [1.29, 1.82) is 0 Å². The second kappa shape index (κ2) is 11.2. The smallest absolute Gasteiger partial charge is 0.0623 e. The Kier molecular flexibility index (Phi) is 6.56. The van der Waals surface area contributed by atoms with Gasteiger partial charge >= 0.3 is 0 Å². The van der Waals surface area contributed by atoms with Gasteiger partial charge in [-0.1, -0.05) is 179 Å². The first-order chi connectivity index (χ1) is 26.3. The molecule has 256 valence electrons. The second-order valence-corrected chi connectivity index (χ2v) is 20.8. The monoisotopic (exact) mass is 704 g/mol. The van der Waals surface area contributed by atoms with Gasteiger partial charge in [-0.05, 0) is 128 Å². The molecule has 0 nitrogen and oxygen atoms in total. The van der Waals surface area contributed by atoms with Crippen LogP contribution in [0.25, 0.3) is 88.0 Å². The molecule has 0 saturated heterocycles. The molecule has 0 amide bonds. The topological polar surface area (TPSA) is 0 Å². The maximum atomic E-state index is 2.51. The lowest BCUT2D eigenvalue weighted by molar-refractivity contribution is 0.660. The van der Waals surface area contributed by atoms with E-state index in [1.807, 2.05) is 0 Å². The van der Waals surface area contributed by atoms with E-state index < -0.39 is 8.07 Å². The zero-order valence-electron chi connectivity index (χ0n) is 31.2. The Balaban J connectivity index is 1.25. The highest BCUT2D eigenvalue weighted by Gasteiger charge is 2.38. The minimum absolute atomic E-state index is 0.0818. The minimum atomic E-state index is -1.78. The van der Waals surface area contributed by atoms with Crippen LogP contribution in [0.5, 0.6) is 0 Å². The number of benzene rings is 9. The van der Waals surface area contributed by atoms with E-state index in [0.29, 0.717) is 0 Å². The Morgan fingerprint density at radius 3 is 1.80 bits per heavy atom. The zero-order valence-corrected chi connectivity index (χ0v) is 32.2. The van der Waals surface area contributed by atoms with Gasteiger partial charge in [0.15, 0.2) is 0 Å². The fraction of sp³-hybridized carbons (Fsp3) is 0.0943. The van der Waals surface area contributed by atoms with E-state index in [0.717, 1.165) is 0 Å². The predicted molar refractivity (Wildman–Crippen MR) is 235 cm³/mol. The number of fused-ring (bicyclic) bond motifs is 9. The highest BCUT2D eigenvalue weighted by molar-refractivity contribution is 7.03. The first-order valence-electron chi connectivity index (χ1n) is 19.3. The maximum Gasteiger partial charge on any atom is 0.113 e. The van der Waals surface area contributed by atoms with E-state index in [1.54, 1.807) is 5.19 Å². The van der Waals surface area contributed by atoms with Crippen LogP contribution in [0.1, 0.15) is 25.0 Å². The third-order valence-electron chi connectivity index (χ3n) is 12.9. The van der Waals surface area contributed by atoms with Crippen molar-refractivity contribution in [3.8, 4) is 55.6 Å². The number of hydrogen-bond acceptors (Lipinski definition) is 0. The van der Waals surface area contributed by atoms with Crippen LogP contribution < -0.4 is 10.4 Å². The largest absolute Gasteiger partial charge is 0.113 e. The Morgan fingerprint density at radius 1 is 0.352 bits per heavy atom. The molecule has 0 spiro atoms. The van der Waals surface area contributed by atoms with Crippen molar-refractivity contribution in [1.82, 2.24) is 0 Å². The summed E-state index contributed by atoms with van der Waals surface area (Å²) in [6, 6.07) is 64.5. The quantitative estimate of drug-likeness (QED) is 0.127. The van der Waals surface area contributed by atoms with Gasteiger partial charge in [-0.15, -0.1) is 0 Å². The van der Waals surface area contributed by atoms with Crippen LogP contribution in [0.15, 0.2) is 170 Å². The van der Waals surface area contributed by atoms with E-state index in [2.05, 4.69) is 197 Å². The molecule has 0 unspecified atom stereocenters. The molecule has 1 heterocycles. The molecule has 54 heavy (non-hydrogen) atoms. The Morgan fingerprint density at radius 2 is 0.944 bits per heavy atom. The molecule has 0 atom stereocenters. The summed E-state index contributed by atoms with van der Waals surface area (Å²) in [5.74, 6) is 0. The highest BCUT2D eigenvalue weighted by atomic mass is 28.3. The van der Waals surface area contributed by atoms with Crippen molar-refractivity contribution in [2.45, 2.75) is 32.4 Å². The summed E-state index contributed by atoms with van der Waals surface area (Å²) in [4.78, 5) is 0. The van der Waals surface area contributed by atoms with Crippen molar-refractivity contribution in [3.63, 3.8) is 0 Å². The Hall–Kier alpha value is -6.02. The molecule has 1 aliphatic heterocycles. The second-order valence-electron chi connectivity index (χ2n) is 16.4. The van der Waals surface area contributed by atoms with Crippen LogP contribution in [0.2, 0.25) is 13.1 Å². The van der Waals surface area contributed by atoms with Crippen LogP contribution in [0.3, 0.4) is 0 Å². The first-order valence-corrected chi connectivity index (χ1v) is 22.3. The SMILES string of the molecule is CC1(C)c2ccccc2-c2c(-c3c4ccccc4c(-c4ccc5c(c4)-c4ccccc4[Si]5(C)C)c4ccc(-c5ccc6ccccc6c5)cc34)cccc21. The molecule has 0 radical (unpaired) electrons. The predicted octanol–water partition coefficient (Wildman–Crippen LogP) is 13.3. The molecule has 9 aromatic carbocycles. The molecule has 0 N–H and O–H groups in total. The van der Waals surface area contributed by atoms with E-state index in [-0.39, 0.29) is 5.41 Å². The summed E-state index contributed by atoms with van der Waals surface area (Å²) in [6.07, 6.45) is 0. The molecule has 9 aromatic rings. The van der Waals surface area contributed by atoms with Gasteiger partial charge in [0.05, 0.1) is 0 Å². The van der Waals surface area contributed by atoms with Gasteiger partial charge in [0.25, 0.3) is 0 Å². The summed E-state index contributed by atoms with van der Waals surface area (Å²) < 4.78 is 0. The highest BCUT2D eigenvalue weighted by Crippen LogP contribution is 2.55. The Labute approximate surface area is 318 Å². The van der Waals surface area contributed by atoms with Gasteiger partial charge in [0.2, 0.25) is 0 Å². The summed E-state index contributed by atoms with van der Waals surface area (Å²) in [7, 11) is -1.78. The summed E-state index contributed by atoms with van der Waals surface area (Å²) in [5.41, 5.74) is 16.0. The van der Waals surface area contributed by atoms with E-state index in [4.69, 9.17) is 0 Å². The third kappa shape index (κ3) is 4.31. The summed E-state index contributed by atoms with van der Waals surface area (Å²) >= 11 is 0. The van der Waals surface area contributed by atoms with E-state index in [9.17, 15) is 0 Å². The molecule has 2 aliphatic rings. The molecule has 1 heteroatoms. The first kappa shape index (κ1) is 31.5. The lowest BCUT2D eigenvalue weighted by atomic mass is 9.80. The molecule has 0 saturated carbocycles. The molecule has 1 aliphatic carbocycles. The minimum Gasteiger partial charge on any atom is -0.0623 e. The fourth-order valence-electron chi connectivity index (χ4n) is 10.2. The standard InChI is InChI=1S/C53H40Si/c1-53(2)46-21-11-9-19-42(46)52-43(20-13-22-47(52)53)51-40-18-8-7-17-39(40)50(37-27-29-49-44(32-37)38-16-10-12-23-48(38)54(49,3)4)41-28-26-36(31-45(41)51)35-25-24-33-14-5-6-15-34(33)30-35/h5-32H,1-4H3. The summed E-state index contributed by atoms with van der Waals surface area (Å²) in [5, 5.41) is 10.8. The molecular formula is C53H40Si. The van der Waals surface area contributed by atoms with Gasteiger partial charge < -0.3 is 0 Å². The average molecular weight is 705 g/mol. The van der Waals surface area contributed by atoms with Crippen molar-refractivity contribution >= 4 is 50.8 Å². The fourth-order valence-corrected chi connectivity index (χ4v) is 13.2. The Bertz CT molecular complexity index is 3050. The molecular weight excluding hydrogens is 665 g/mol. The van der Waals surface area contributed by atoms with Gasteiger partial charge in [-0.25, -0.2) is 0 Å². The molecule has 0 aromatic heterocycles. The van der Waals surface area contributed by atoms with Gasteiger partial charge in [0, 0.05) is 5.41 Å². The molecule has 0 bridgehead atoms. The maximum absolute atomic E-state index is 2.51. The third-order valence-corrected chi connectivity index (χ3v) is 16.4. The zero-order chi connectivity index (χ0) is 36.3. The van der Waals surface area contributed by atoms with Crippen LogP contribution in [-0.2, 0) is 5.41 Å². The normalized spacial score (nSPS) is 14.6. The summed E-state index contributed by atoms with van der Waals surface area (Å²) in [6.45, 7) is 9.77.